The number of halogens is 1. The number of nitrogens with zero attached hydrogens (tertiary/aromatic N) is 3. The third-order valence-electron chi connectivity index (χ3n) is 4.18. The summed E-state index contributed by atoms with van der Waals surface area (Å²) in [5.74, 6) is 0.526. The van der Waals surface area contributed by atoms with Crippen molar-refractivity contribution in [3.63, 3.8) is 0 Å². The number of carbonyl (C=O) groups is 1. The van der Waals surface area contributed by atoms with E-state index < -0.39 is 0 Å². The Morgan fingerprint density at radius 1 is 1.25 bits per heavy atom. The van der Waals surface area contributed by atoms with Gasteiger partial charge in [-0.15, -0.1) is 0 Å². The van der Waals surface area contributed by atoms with E-state index in [1.165, 1.54) is 5.56 Å². The summed E-state index contributed by atoms with van der Waals surface area (Å²) < 4.78 is 5.29. The van der Waals surface area contributed by atoms with E-state index in [0.29, 0.717) is 29.4 Å². The van der Waals surface area contributed by atoms with Crippen LogP contribution in [0.15, 0.2) is 42.7 Å². The van der Waals surface area contributed by atoms with Gasteiger partial charge in [0, 0.05) is 50.1 Å². The van der Waals surface area contributed by atoms with Gasteiger partial charge in [-0.25, -0.2) is 0 Å². The fraction of sp³-hybridized carbons (Fsp3) is 0.333. The highest BCUT2D eigenvalue weighted by Gasteiger charge is 2.24. The number of piperazine rings is 1. The van der Waals surface area contributed by atoms with Gasteiger partial charge >= 0.3 is 0 Å². The topological polar surface area (TPSA) is 45.7 Å². The van der Waals surface area contributed by atoms with Gasteiger partial charge in [0.2, 0.25) is 0 Å². The Labute approximate surface area is 146 Å². The van der Waals surface area contributed by atoms with Gasteiger partial charge in [-0.2, -0.15) is 0 Å². The second-order valence-electron chi connectivity index (χ2n) is 5.77. The minimum atomic E-state index is -0.0321. The number of rotatable bonds is 4. The molecular weight excluding hydrogens is 326 g/mol. The van der Waals surface area contributed by atoms with Crippen LogP contribution in [0.25, 0.3) is 0 Å². The first-order chi connectivity index (χ1) is 11.7. The number of hydrogen-bond donors (Lipinski definition) is 0. The number of benzene rings is 1. The van der Waals surface area contributed by atoms with Gasteiger partial charge in [0.1, 0.15) is 5.75 Å². The Morgan fingerprint density at radius 2 is 2.04 bits per heavy atom. The predicted molar refractivity (Wildman–Crippen MR) is 93.4 cm³/mol. The van der Waals surface area contributed by atoms with E-state index in [2.05, 4.69) is 16.0 Å². The standard InChI is InChI=1S/C18H20ClN3O2/c1-24-17-5-4-15(19)11-16(17)18(23)22-9-7-21(8-10-22)13-14-3-2-6-20-12-14/h2-6,11-12H,7-10,13H2,1H3. The molecule has 1 aromatic heterocycles. The molecule has 1 aliphatic rings. The maximum Gasteiger partial charge on any atom is 0.257 e. The molecule has 126 valence electrons. The largest absolute Gasteiger partial charge is 0.496 e. The molecule has 0 saturated carbocycles. The lowest BCUT2D eigenvalue weighted by atomic mass is 10.1. The minimum absolute atomic E-state index is 0.0321. The van der Waals surface area contributed by atoms with Crippen molar-refractivity contribution in [2.24, 2.45) is 0 Å². The van der Waals surface area contributed by atoms with Crippen molar-refractivity contribution in [2.75, 3.05) is 33.3 Å². The van der Waals surface area contributed by atoms with Crippen LogP contribution >= 0.6 is 11.6 Å². The number of amides is 1. The number of hydrogen-bond acceptors (Lipinski definition) is 4. The van der Waals surface area contributed by atoms with Crippen molar-refractivity contribution in [3.05, 3.63) is 58.9 Å². The number of ether oxygens (including phenoxy) is 1. The molecule has 2 heterocycles. The predicted octanol–water partition coefficient (Wildman–Crippen LogP) is 2.70. The first-order valence-corrected chi connectivity index (χ1v) is 8.29. The summed E-state index contributed by atoms with van der Waals surface area (Å²) >= 11 is 6.03. The van der Waals surface area contributed by atoms with Crippen molar-refractivity contribution < 1.29 is 9.53 Å². The highest BCUT2D eigenvalue weighted by molar-refractivity contribution is 6.31. The van der Waals surface area contributed by atoms with Crippen LogP contribution in [0.1, 0.15) is 15.9 Å². The first-order valence-electron chi connectivity index (χ1n) is 7.91. The minimum Gasteiger partial charge on any atom is -0.496 e. The molecule has 0 atom stereocenters. The molecule has 0 aliphatic carbocycles. The molecule has 0 N–H and O–H groups in total. The number of methoxy groups -OCH3 is 1. The van der Waals surface area contributed by atoms with Crippen LogP contribution in [0.3, 0.4) is 0 Å². The van der Waals surface area contributed by atoms with E-state index >= 15 is 0 Å². The lowest BCUT2D eigenvalue weighted by molar-refractivity contribution is 0.0625. The van der Waals surface area contributed by atoms with Crippen molar-refractivity contribution in [2.45, 2.75) is 6.54 Å². The molecule has 1 fully saturated rings. The van der Waals surface area contributed by atoms with Gasteiger partial charge in [-0.05, 0) is 29.8 Å². The van der Waals surface area contributed by atoms with Crippen LogP contribution in [0.2, 0.25) is 5.02 Å². The monoisotopic (exact) mass is 345 g/mol. The van der Waals surface area contributed by atoms with Crippen LogP contribution in [0, 0.1) is 0 Å². The van der Waals surface area contributed by atoms with Gasteiger partial charge in [0.05, 0.1) is 12.7 Å². The van der Waals surface area contributed by atoms with E-state index in [1.54, 1.807) is 31.5 Å². The Balaban J connectivity index is 1.62. The molecule has 24 heavy (non-hydrogen) atoms. The van der Waals surface area contributed by atoms with E-state index in [4.69, 9.17) is 16.3 Å². The molecule has 1 saturated heterocycles. The number of carbonyl (C=O) groups excluding carboxylic acids is 1. The van der Waals surface area contributed by atoms with Gasteiger partial charge < -0.3 is 9.64 Å². The second kappa shape index (κ2) is 7.64. The van der Waals surface area contributed by atoms with Crippen LogP contribution in [0.5, 0.6) is 5.75 Å². The molecule has 1 aliphatic heterocycles. The maximum atomic E-state index is 12.8. The summed E-state index contributed by atoms with van der Waals surface area (Å²) in [6.07, 6.45) is 3.66. The van der Waals surface area contributed by atoms with Crippen molar-refractivity contribution in [3.8, 4) is 5.75 Å². The number of aromatic nitrogens is 1. The average molecular weight is 346 g/mol. The Hall–Kier alpha value is -2.11. The molecule has 2 aromatic rings. The zero-order valence-electron chi connectivity index (χ0n) is 13.6. The molecule has 1 amide bonds. The zero-order chi connectivity index (χ0) is 16.9. The molecule has 0 bridgehead atoms. The Kier molecular flexibility index (Phi) is 5.33. The second-order valence-corrected chi connectivity index (χ2v) is 6.21. The van der Waals surface area contributed by atoms with Crippen molar-refractivity contribution in [1.29, 1.82) is 0 Å². The molecule has 6 heteroatoms. The molecule has 1 aromatic carbocycles. The summed E-state index contributed by atoms with van der Waals surface area (Å²) in [6, 6.07) is 9.14. The maximum absolute atomic E-state index is 12.8. The van der Waals surface area contributed by atoms with Crippen molar-refractivity contribution >= 4 is 17.5 Å². The van der Waals surface area contributed by atoms with Crippen LogP contribution in [-0.4, -0.2) is 54.0 Å². The fourth-order valence-corrected chi connectivity index (χ4v) is 3.05. The zero-order valence-corrected chi connectivity index (χ0v) is 14.4. The summed E-state index contributed by atoms with van der Waals surface area (Å²) in [5, 5.41) is 0.536. The van der Waals surface area contributed by atoms with Crippen LogP contribution in [-0.2, 0) is 6.54 Å². The van der Waals surface area contributed by atoms with Gasteiger partial charge in [-0.1, -0.05) is 17.7 Å². The highest BCUT2D eigenvalue weighted by Crippen LogP contribution is 2.24. The lowest BCUT2D eigenvalue weighted by Gasteiger charge is -2.35. The molecule has 3 rings (SSSR count). The first kappa shape index (κ1) is 16.7. The summed E-state index contributed by atoms with van der Waals surface area (Å²) in [7, 11) is 1.56. The van der Waals surface area contributed by atoms with Crippen LogP contribution < -0.4 is 4.74 Å². The quantitative estimate of drug-likeness (QED) is 0.854. The Morgan fingerprint density at radius 3 is 2.71 bits per heavy atom. The SMILES string of the molecule is COc1ccc(Cl)cc1C(=O)N1CCN(Cc2cccnc2)CC1. The van der Waals surface area contributed by atoms with Gasteiger partial charge in [-0.3, -0.25) is 14.7 Å². The third-order valence-corrected chi connectivity index (χ3v) is 4.42. The smallest absolute Gasteiger partial charge is 0.257 e. The summed E-state index contributed by atoms with van der Waals surface area (Å²) in [5.41, 5.74) is 1.71. The molecule has 5 nitrogen and oxygen atoms in total. The molecule has 0 unspecified atom stereocenters. The lowest BCUT2D eigenvalue weighted by Crippen LogP contribution is -2.48. The third kappa shape index (κ3) is 3.86. The highest BCUT2D eigenvalue weighted by atomic mass is 35.5. The molecule has 0 spiro atoms. The Bertz CT molecular complexity index is 701. The average Bonchev–Trinajstić information content (AvgIpc) is 2.62. The normalized spacial score (nSPS) is 15.3. The van der Waals surface area contributed by atoms with E-state index in [9.17, 15) is 4.79 Å². The fourth-order valence-electron chi connectivity index (χ4n) is 2.88. The van der Waals surface area contributed by atoms with E-state index in [-0.39, 0.29) is 5.91 Å². The molecule has 0 radical (unpaired) electrons. The van der Waals surface area contributed by atoms with Crippen LogP contribution in [0.4, 0.5) is 0 Å². The van der Waals surface area contributed by atoms with E-state index in [0.717, 1.165) is 19.6 Å². The van der Waals surface area contributed by atoms with Gasteiger partial charge in [0.25, 0.3) is 5.91 Å². The number of pyridine rings is 1. The summed E-state index contributed by atoms with van der Waals surface area (Å²) in [4.78, 5) is 21.1. The molecular formula is C18H20ClN3O2. The van der Waals surface area contributed by atoms with Crippen molar-refractivity contribution in [1.82, 2.24) is 14.8 Å². The van der Waals surface area contributed by atoms with E-state index in [1.807, 2.05) is 17.2 Å². The summed E-state index contributed by atoms with van der Waals surface area (Å²) in [6.45, 7) is 3.91. The van der Waals surface area contributed by atoms with Gasteiger partial charge in [0.15, 0.2) is 0 Å².